The minimum absolute atomic E-state index is 0.0186. The van der Waals surface area contributed by atoms with Crippen molar-refractivity contribution in [2.75, 3.05) is 13.1 Å². The third-order valence-electron chi connectivity index (χ3n) is 4.32. The van der Waals surface area contributed by atoms with E-state index in [1.165, 1.54) is 25.7 Å². The van der Waals surface area contributed by atoms with E-state index in [-0.39, 0.29) is 24.8 Å². The van der Waals surface area contributed by atoms with Gasteiger partial charge in [-0.1, -0.05) is 58.3 Å². The van der Waals surface area contributed by atoms with E-state index in [2.05, 4.69) is 17.6 Å². The third-order valence-corrected chi connectivity index (χ3v) is 4.32. The number of nitrogens with one attached hydrogen (secondary N) is 2. The molecule has 0 atom stereocenters. The first-order valence-corrected chi connectivity index (χ1v) is 10.3. The van der Waals surface area contributed by atoms with Crippen LogP contribution in [0.25, 0.3) is 0 Å². The number of aliphatic carboxylic acids is 1. The molecule has 0 saturated carbocycles. The van der Waals surface area contributed by atoms with Crippen LogP contribution >= 0.6 is 0 Å². The molecule has 152 valence electrons. The van der Waals surface area contributed by atoms with Crippen LogP contribution in [0.4, 0.5) is 0 Å². The topological polar surface area (TPSA) is 95.5 Å². The molecule has 0 spiro atoms. The molecule has 3 N–H and O–H groups in total. The van der Waals surface area contributed by atoms with Gasteiger partial charge in [-0.05, 0) is 19.3 Å². The number of carbonyl (C=O) groups is 3. The number of rotatable bonds is 18. The van der Waals surface area contributed by atoms with E-state index >= 15 is 0 Å². The van der Waals surface area contributed by atoms with Gasteiger partial charge in [-0.25, -0.2) is 0 Å². The summed E-state index contributed by atoms with van der Waals surface area (Å²) < 4.78 is 0. The molecule has 0 aliphatic heterocycles. The summed E-state index contributed by atoms with van der Waals surface area (Å²) in [5.41, 5.74) is 0. The molecule has 0 aliphatic carbocycles. The van der Waals surface area contributed by atoms with Gasteiger partial charge in [-0.3, -0.25) is 14.4 Å². The average Bonchev–Trinajstić information content (AvgIpc) is 2.59. The van der Waals surface area contributed by atoms with Gasteiger partial charge in [0.25, 0.3) is 0 Å². The molecule has 0 unspecified atom stereocenters. The first-order valence-electron chi connectivity index (χ1n) is 10.3. The number of amides is 2. The normalized spacial score (nSPS) is 10.5. The van der Waals surface area contributed by atoms with Crippen LogP contribution in [-0.2, 0) is 14.4 Å². The Bertz CT molecular complexity index is 386. The van der Waals surface area contributed by atoms with Gasteiger partial charge < -0.3 is 15.7 Å². The van der Waals surface area contributed by atoms with Crippen molar-refractivity contribution < 1.29 is 19.5 Å². The molecular formula is C20H38N2O4. The van der Waals surface area contributed by atoms with Crippen molar-refractivity contribution in [3.63, 3.8) is 0 Å². The molecular weight excluding hydrogens is 332 g/mol. The van der Waals surface area contributed by atoms with Crippen molar-refractivity contribution in [2.24, 2.45) is 0 Å². The summed E-state index contributed by atoms with van der Waals surface area (Å²) in [6, 6.07) is 0. The lowest BCUT2D eigenvalue weighted by Crippen LogP contribution is -2.25. The SMILES string of the molecule is CCCCNC(=O)CCCCCCCCCCCC(=O)NCCC(=O)O. The fraction of sp³-hybridized carbons (Fsp3) is 0.850. The Kier molecular flexibility index (Phi) is 17.1. The molecule has 6 heteroatoms. The van der Waals surface area contributed by atoms with Crippen molar-refractivity contribution in [3.8, 4) is 0 Å². The molecule has 26 heavy (non-hydrogen) atoms. The maximum absolute atomic E-state index is 11.5. The summed E-state index contributed by atoms with van der Waals surface area (Å²) in [5.74, 6) is -0.754. The maximum Gasteiger partial charge on any atom is 0.305 e. The number of carbonyl (C=O) groups excluding carboxylic acids is 2. The minimum Gasteiger partial charge on any atom is -0.481 e. The van der Waals surface area contributed by atoms with E-state index in [1.807, 2.05) is 0 Å². The van der Waals surface area contributed by atoms with Gasteiger partial charge in [0.05, 0.1) is 6.42 Å². The average molecular weight is 371 g/mol. The Hall–Kier alpha value is -1.59. The lowest BCUT2D eigenvalue weighted by Gasteiger charge is -2.05. The molecule has 6 nitrogen and oxygen atoms in total. The molecule has 0 bridgehead atoms. The maximum atomic E-state index is 11.5. The van der Waals surface area contributed by atoms with Crippen molar-refractivity contribution in [3.05, 3.63) is 0 Å². The molecule has 0 radical (unpaired) electrons. The Morgan fingerprint density at radius 3 is 1.46 bits per heavy atom. The van der Waals surface area contributed by atoms with Gasteiger partial charge in [0.15, 0.2) is 0 Å². The highest BCUT2D eigenvalue weighted by molar-refractivity contribution is 5.76. The van der Waals surface area contributed by atoms with E-state index in [1.54, 1.807) is 0 Å². The molecule has 0 heterocycles. The van der Waals surface area contributed by atoms with E-state index in [0.717, 1.165) is 51.5 Å². The monoisotopic (exact) mass is 370 g/mol. The van der Waals surface area contributed by atoms with Crippen LogP contribution < -0.4 is 10.6 Å². The second-order valence-corrected chi connectivity index (χ2v) is 6.88. The van der Waals surface area contributed by atoms with Gasteiger partial charge in [0.1, 0.15) is 0 Å². The van der Waals surface area contributed by atoms with E-state index in [4.69, 9.17) is 5.11 Å². The number of unbranched alkanes of at least 4 members (excludes halogenated alkanes) is 9. The molecule has 0 aromatic heterocycles. The Balaban J connectivity index is 3.23. The number of carboxylic acids is 1. The van der Waals surface area contributed by atoms with Gasteiger partial charge in [0, 0.05) is 25.9 Å². The first-order chi connectivity index (χ1) is 12.6. The quantitative estimate of drug-likeness (QED) is 0.320. The standard InChI is InChI=1S/C20H38N2O4/c1-2-3-16-21-18(23)13-11-9-7-5-4-6-8-10-12-14-19(24)22-17-15-20(25)26/h2-17H2,1H3,(H,21,23)(H,22,24)(H,25,26). The van der Waals surface area contributed by atoms with Crippen LogP contribution in [0.2, 0.25) is 0 Å². The molecule has 0 fully saturated rings. The summed E-state index contributed by atoms with van der Waals surface area (Å²) in [7, 11) is 0. The van der Waals surface area contributed by atoms with Crippen LogP contribution in [0, 0.1) is 0 Å². The Morgan fingerprint density at radius 2 is 1.04 bits per heavy atom. The van der Waals surface area contributed by atoms with Crippen molar-refractivity contribution in [1.82, 2.24) is 10.6 Å². The number of hydrogen-bond acceptors (Lipinski definition) is 3. The third kappa shape index (κ3) is 18.7. The zero-order chi connectivity index (χ0) is 19.5. The second-order valence-electron chi connectivity index (χ2n) is 6.88. The summed E-state index contributed by atoms with van der Waals surface area (Å²) in [6.07, 6.45) is 13.3. The highest BCUT2D eigenvalue weighted by Crippen LogP contribution is 2.11. The predicted octanol–water partition coefficient (Wildman–Crippen LogP) is 3.78. The largest absolute Gasteiger partial charge is 0.481 e. The highest BCUT2D eigenvalue weighted by atomic mass is 16.4. The fourth-order valence-corrected chi connectivity index (χ4v) is 2.70. The first kappa shape index (κ1) is 24.4. The second kappa shape index (κ2) is 18.2. The zero-order valence-electron chi connectivity index (χ0n) is 16.5. The lowest BCUT2D eigenvalue weighted by molar-refractivity contribution is -0.137. The van der Waals surface area contributed by atoms with Gasteiger partial charge in [0.2, 0.25) is 11.8 Å². The molecule has 2 amide bonds. The predicted molar refractivity (Wildman–Crippen MR) is 104 cm³/mol. The summed E-state index contributed by atoms with van der Waals surface area (Å²) in [4.78, 5) is 33.3. The Morgan fingerprint density at radius 1 is 0.615 bits per heavy atom. The molecule has 0 aliphatic rings. The van der Waals surface area contributed by atoms with Crippen LogP contribution in [-0.4, -0.2) is 36.0 Å². The van der Waals surface area contributed by atoms with Crippen LogP contribution in [0.1, 0.15) is 96.8 Å². The summed E-state index contributed by atoms with van der Waals surface area (Å²) in [6.45, 7) is 3.14. The molecule has 0 aromatic carbocycles. The fourth-order valence-electron chi connectivity index (χ4n) is 2.70. The van der Waals surface area contributed by atoms with Crippen LogP contribution in [0.15, 0.2) is 0 Å². The molecule has 0 saturated heterocycles. The van der Waals surface area contributed by atoms with E-state index in [9.17, 15) is 14.4 Å². The van der Waals surface area contributed by atoms with Crippen molar-refractivity contribution >= 4 is 17.8 Å². The van der Waals surface area contributed by atoms with E-state index in [0.29, 0.717) is 12.8 Å². The Labute approximate surface area is 158 Å². The summed E-state index contributed by atoms with van der Waals surface area (Å²) in [5, 5.41) is 14.0. The molecule has 0 aromatic rings. The number of hydrogen-bond donors (Lipinski definition) is 3. The van der Waals surface area contributed by atoms with Gasteiger partial charge in [-0.2, -0.15) is 0 Å². The van der Waals surface area contributed by atoms with Crippen LogP contribution in [0.3, 0.4) is 0 Å². The van der Waals surface area contributed by atoms with E-state index < -0.39 is 5.97 Å². The van der Waals surface area contributed by atoms with Gasteiger partial charge in [-0.15, -0.1) is 0 Å². The zero-order valence-corrected chi connectivity index (χ0v) is 16.5. The van der Waals surface area contributed by atoms with Crippen molar-refractivity contribution in [1.29, 1.82) is 0 Å². The molecule has 0 rings (SSSR count). The highest BCUT2D eigenvalue weighted by Gasteiger charge is 2.03. The number of carboxylic acid groups (broad SMARTS) is 1. The van der Waals surface area contributed by atoms with Crippen LogP contribution in [0.5, 0.6) is 0 Å². The van der Waals surface area contributed by atoms with Gasteiger partial charge >= 0.3 is 5.97 Å². The lowest BCUT2D eigenvalue weighted by atomic mass is 10.1. The minimum atomic E-state index is -0.888. The van der Waals surface area contributed by atoms with Crippen molar-refractivity contribution in [2.45, 2.75) is 96.8 Å². The summed E-state index contributed by atoms with van der Waals surface area (Å²) >= 11 is 0. The smallest absolute Gasteiger partial charge is 0.305 e.